The van der Waals surface area contributed by atoms with Crippen molar-refractivity contribution < 1.29 is 18.0 Å². The topological polar surface area (TPSA) is 47.8 Å². The first-order chi connectivity index (χ1) is 10.3. The molecule has 0 fully saturated rings. The molecular weight excluding hydrogens is 342 g/mol. The Bertz CT molecular complexity index is 726. The van der Waals surface area contributed by atoms with Crippen molar-refractivity contribution in [1.82, 2.24) is 14.8 Å². The lowest BCUT2D eigenvalue weighted by Gasteiger charge is -2.07. The average Bonchev–Trinajstić information content (AvgIpc) is 2.93. The van der Waals surface area contributed by atoms with Gasteiger partial charge in [0.25, 0.3) is 5.91 Å². The minimum atomic E-state index is -4.50. The molecule has 0 spiro atoms. The second-order valence-corrected chi connectivity index (χ2v) is 4.81. The Labute approximate surface area is 133 Å². The lowest BCUT2D eigenvalue weighted by atomic mass is 10.2. The fourth-order valence-corrected chi connectivity index (χ4v) is 1.87. The van der Waals surface area contributed by atoms with Crippen LogP contribution in [0.1, 0.15) is 21.7 Å². The predicted octanol–water partition coefficient (Wildman–Crippen LogP) is 4.00. The summed E-state index contributed by atoms with van der Waals surface area (Å²) in [6, 6.07) is 2.34. The number of alkyl halides is 4. The van der Waals surface area contributed by atoms with E-state index in [9.17, 15) is 18.0 Å². The summed E-state index contributed by atoms with van der Waals surface area (Å²) < 4.78 is 38.5. The first-order valence-electron chi connectivity index (χ1n) is 5.87. The maximum Gasteiger partial charge on any atom is 0.417 e. The third kappa shape index (κ3) is 3.86. The fourth-order valence-electron chi connectivity index (χ4n) is 1.52. The van der Waals surface area contributed by atoms with Gasteiger partial charge in [-0.25, -0.2) is 4.68 Å². The molecule has 0 aliphatic heterocycles. The molecule has 2 rings (SSSR count). The van der Waals surface area contributed by atoms with Crippen molar-refractivity contribution in [2.24, 2.45) is 0 Å². The maximum atomic E-state index is 12.5. The molecule has 2 heterocycles. The molecule has 116 valence electrons. The monoisotopic (exact) mass is 349 g/mol. The smallest absolute Gasteiger partial charge is 0.271 e. The van der Waals surface area contributed by atoms with Gasteiger partial charge in [-0.1, -0.05) is 11.6 Å². The summed E-state index contributed by atoms with van der Waals surface area (Å²) in [5, 5.41) is 3.79. The summed E-state index contributed by atoms with van der Waals surface area (Å²) in [6.07, 6.45) is 0.493. The van der Waals surface area contributed by atoms with E-state index in [2.05, 4.69) is 10.1 Å². The normalized spacial score (nSPS) is 12.0. The standard InChI is InChI=1S/C13H8Cl2F3N3O/c14-6-12(22)21-4-3-9(20-21)1-2-11-10(15)5-8(7-19-11)13(16,17)18/h1-5,7H,6H2. The zero-order valence-electron chi connectivity index (χ0n) is 10.8. The highest BCUT2D eigenvalue weighted by Gasteiger charge is 2.31. The number of carbonyl (C=O) groups is 1. The zero-order valence-corrected chi connectivity index (χ0v) is 12.3. The van der Waals surface area contributed by atoms with Crippen molar-refractivity contribution in [1.29, 1.82) is 0 Å². The molecule has 4 nitrogen and oxygen atoms in total. The van der Waals surface area contributed by atoms with Gasteiger partial charge in [0.1, 0.15) is 5.88 Å². The fraction of sp³-hybridized carbons (Fsp3) is 0.154. The highest BCUT2D eigenvalue weighted by atomic mass is 35.5. The highest BCUT2D eigenvalue weighted by Crippen LogP contribution is 2.31. The van der Waals surface area contributed by atoms with Gasteiger partial charge in [0.2, 0.25) is 0 Å². The molecule has 0 unspecified atom stereocenters. The number of halogens is 5. The van der Waals surface area contributed by atoms with Crippen molar-refractivity contribution in [3.05, 3.63) is 46.5 Å². The van der Waals surface area contributed by atoms with Gasteiger partial charge in [0, 0.05) is 12.4 Å². The first-order valence-corrected chi connectivity index (χ1v) is 6.78. The Kier molecular flexibility index (Phi) is 4.87. The van der Waals surface area contributed by atoms with Gasteiger partial charge in [0.05, 0.1) is 22.0 Å². The van der Waals surface area contributed by atoms with Crippen LogP contribution in [-0.4, -0.2) is 26.6 Å². The van der Waals surface area contributed by atoms with E-state index in [1.165, 1.54) is 18.3 Å². The lowest BCUT2D eigenvalue weighted by Crippen LogP contribution is -2.12. The molecule has 2 aromatic heterocycles. The van der Waals surface area contributed by atoms with Crippen LogP contribution < -0.4 is 0 Å². The number of hydrogen-bond acceptors (Lipinski definition) is 3. The van der Waals surface area contributed by atoms with E-state index >= 15 is 0 Å². The van der Waals surface area contributed by atoms with Crippen LogP contribution in [0.5, 0.6) is 0 Å². The van der Waals surface area contributed by atoms with E-state index in [0.29, 0.717) is 11.9 Å². The highest BCUT2D eigenvalue weighted by molar-refractivity contribution is 6.32. The van der Waals surface area contributed by atoms with Crippen LogP contribution in [0, 0.1) is 0 Å². The van der Waals surface area contributed by atoms with Crippen LogP contribution >= 0.6 is 23.2 Å². The second kappa shape index (κ2) is 6.50. The second-order valence-electron chi connectivity index (χ2n) is 4.13. The summed E-state index contributed by atoms with van der Waals surface area (Å²) in [5.41, 5.74) is -0.351. The van der Waals surface area contributed by atoms with E-state index in [0.717, 1.165) is 10.7 Å². The third-order valence-electron chi connectivity index (χ3n) is 2.59. The molecule has 22 heavy (non-hydrogen) atoms. The molecule has 0 saturated heterocycles. The Morgan fingerprint density at radius 2 is 2.09 bits per heavy atom. The van der Waals surface area contributed by atoms with Crippen LogP contribution in [0.25, 0.3) is 12.2 Å². The summed E-state index contributed by atoms with van der Waals surface area (Å²) in [5.74, 6) is -0.607. The van der Waals surface area contributed by atoms with Crippen LogP contribution in [-0.2, 0) is 6.18 Å². The number of aromatic nitrogens is 3. The van der Waals surface area contributed by atoms with Gasteiger partial charge in [-0.2, -0.15) is 18.3 Å². The third-order valence-corrected chi connectivity index (χ3v) is 3.12. The van der Waals surface area contributed by atoms with Crippen molar-refractivity contribution in [2.75, 3.05) is 5.88 Å². The molecule has 2 aromatic rings. The van der Waals surface area contributed by atoms with Crippen LogP contribution in [0.15, 0.2) is 24.5 Å². The Balaban J connectivity index is 2.20. The number of rotatable bonds is 3. The summed E-state index contributed by atoms with van der Waals surface area (Å²) in [6.45, 7) is 0. The molecule has 0 bridgehead atoms. The molecule has 0 radical (unpaired) electrons. The molecule has 0 aromatic carbocycles. The van der Waals surface area contributed by atoms with E-state index in [4.69, 9.17) is 23.2 Å². The quantitative estimate of drug-likeness (QED) is 0.787. The largest absolute Gasteiger partial charge is 0.417 e. The minimum absolute atomic E-state index is 0.137. The van der Waals surface area contributed by atoms with E-state index in [-0.39, 0.29) is 16.6 Å². The molecule has 0 amide bonds. The molecular formula is C13H8Cl2F3N3O. The Hall–Kier alpha value is -1.86. The summed E-state index contributed by atoms with van der Waals surface area (Å²) in [7, 11) is 0. The minimum Gasteiger partial charge on any atom is -0.271 e. The Morgan fingerprint density at radius 1 is 1.36 bits per heavy atom. The van der Waals surface area contributed by atoms with Crippen molar-refractivity contribution >= 4 is 41.3 Å². The molecule has 0 atom stereocenters. The van der Waals surface area contributed by atoms with Gasteiger partial charge in [-0.15, -0.1) is 11.6 Å². The molecule has 0 aliphatic rings. The van der Waals surface area contributed by atoms with Gasteiger partial charge >= 0.3 is 6.18 Å². The summed E-state index contributed by atoms with van der Waals surface area (Å²) in [4.78, 5) is 14.9. The molecule has 9 heteroatoms. The van der Waals surface area contributed by atoms with Crippen molar-refractivity contribution in [3.63, 3.8) is 0 Å². The lowest BCUT2D eigenvalue weighted by molar-refractivity contribution is -0.137. The number of nitrogens with zero attached hydrogens (tertiary/aromatic N) is 3. The van der Waals surface area contributed by atoms with Gasteiger partial charge in [-0.3, -0.25) is 9.78 Å². The van der Waals surface area contributed by atoms with Gasteiger partial charge < -0.3 is 0 Å². The van der Waals surface area contributed by atoms with Gasteiger partial charge in [0.15, 0.2) is 0 Å². The number of pyridine rings is 1. The first kappa shape index (κ1) is 16.5. The number of carbonyl (C=O) groups excluding carboxylic acids is 1. The predicted molar refractivity (Wildman–Crippen MR) is 76.8 cm³/mol. The van der Waals surface area contributed by atoms with Crippen molar-refractivity contribution in [2.45, 2.75) is 6.18 Å². The van der Waals surface area contributed by atoms with Gasteiger partial charge in [-0.05, 0) is 24.3 Å². The van der Waals surface area contributed by atoms with Crippen LogP contribution in [0.3, 0.4) is 0 Å². The average molecular weight is 350 g/mol. The van der Waals surface area contributed by atoms with Crippen LogP contribution in [0.2, 0.25) is 5.02 Å². The van der Waals surface area contributed by atoms with Crippen LogP contribution in [0.4, 0.5) is 13.2 Å². The number of hydrogen-bond donors (Lipinski definition) is 0. The van der Waals surface area contributed by atoms with E-state index in [1.54, 1.807) is 6.07 Å². The molecule has 0 saturated carbocycles. The Morgan fingerprint density at radius 3 is 2.68 bits per heavy atom. The van der Waals surface area contributed by atoms with E-state index in [1.807, 2.05) is 0 Å². The van der Waals surface area contributed by atoms with Crippen molar-refractivity contribution in [3.8, 4) is 0 Å². The molecule has 0 aliphatic carbocycles. The van der Waals surface area contributed by atoms with E-state index < -0.39 is 17.6 Å². The summed E-state index contributed by atoms with van der Waals surface area (Å²) >= 11 is 11.2. The SMILES string of the molecule is O=C(CCl)n1ccc(C=Cc2ncc(C(F)(F)F)cc2Cl)n1. The molecule has 0 N–H and O–H groups in total. The maximum absolute atomic E-state index is 12.5. The zero-order chi connectivity index (χ0) is 16.3.